The van der Waals surface area contributed by atoms with E-state index in [1.165, 1.54) is 16.9 Å². The van der Waals surface area contributed by atoms with Crippen molar-refractivity contribution in [2.24, 2.45) is 0 Å². The molecule has 0 saturated heterocycles. The molecule has 0 radical (unpaired) electrons. The molecule has 1 rings (SSSR count). The van der Waals surface area contributed by atoms with Crippen molar-refractivity contribution >= 4 is 11.8 Å². The Morgan fingerprint density at radius 2 is 1.88 bits per heavy atom. The summed E-state index contributed by atoms with van der Waals surface area (Å²) in [5.41, 5.74) is 1.36. The lowest BCUT2D eigenvalue weighted by Crippen LogP contribution is -2.29. The number of thioether (sulfide) groups is 1. The molecule has 0 aliphatic carbocycles. The van der Waals surface area contributed by atoms with E-state index in [-0.39, 0.29) is 0 Å². The molecule has 1 aromatic carbocycles. The normalized spacial score (nSPS) is 13.0. The van der Waals surface area contributed by atoms with Gasteiger partial charge in [0.05, 0.1) is 0 Å². The molecule has 17 heavy (non-hydrogen) atoms. The van der Waals surface area contributed by atoms with Crippen LogP contribution in [0.25, 0.3) is 0 Å². The van der Waals surface area contributed by atoms with Crippen molar-refractivity contribution in [3.05, 3.63) is 29.8 Å². The van der Waals surface area contributed by atoms with Crippen LogP contribution in [0, 0.1) is 0 Å². The lowest BCUT2D eigenvalue weighted by atomic mass is 10.2. The summed E-state index contributed by atoms with van der Waals surface area (Å²) in [6.45, 7) is 4.35. The Morgan fingerprint density at radius 3 is 2.41 bits per heavy atom. The van der Waals surface area contributed by atoms with E-state index in [9.17, 15) is 0 Å². The summed E-state index contributed by atoms with van der Waals surface area (Å²) < 4.78 is 0. The molecule has 1 atom stereocenters. The maximum Gasteiger partial charge on any atom is 0.0207 e. The van der Waals surface area contributed by atoms with Gasteiger partial charge in [-0.2, -0.15) is 0 Å². The van der Waals surface area contributed by atoms with Crippen molar-refractivity contribution in [3.63, 3.8) is 0 Å². The minimum absolute atomic E-state index is 0.567. The number of hydrogen-bond acceptors (Lipinski definition) is 3. The van der Waals surface area contributed by atoms with Gasteiger partial charge in [-0.25, -0.2) is 0 Å². The van der Waals surface area contributed by atoms with Crippen molar-refractivity contribution in [2.75, 3.05) is 26.9 Å². The van der Waals surface area contributed by atoms with Crippen molar-refractivity contribution in [2.45, 2.75) is 30.8 Å². The molecule has 3 heteroatoms. The summed E-state index contributed by atoms with van der Waals surface area (Å²) >= 11 is 1.79. The van der Waals surface area contributed by atoms with Gasteiger partial charge in [-0.15, -0.1) is 11.8 Å². The van der Waals surface area contributed by atoms with Gasteiger partial charge in [-0.3, -0.25) is 0 Å². The topological polar surface area (TPSA) is 15.3 Å². The monoisotopic (exact) mass is 252 g/mol. The number of rotatable bonds is 7. The van der Waals surface area contributed by atoms with Gasteiger partial charge in [0.2, 0.25) is 0 Å². The molecular weight excluding hydrogens is 228 g/mol. The predicted octanol–water partition coefficient (Wildman–Crippen LogP) is 2.84. The van der Waals surface area contributed by atoms with E-state index in [0.29, 0.717) is 6.04 Å². The Bertz CT molecular complexity index is 309. The van der Waals surface area contributed by atoms with Gasteiger partial charge in [0.1, 0.15) is 0 Å². The summed E-state index contributed by atoms with van der Waals surface area (Å²) in [6.07, 6.45) is 3.30. The highest BCUT2D eigenvalue weighted by atomic mass is 32.2. The molecule has 0 amide bonds. The van der Waals surface area contributed by atoms with Gasteiger partial charge in [0.25, 0.3) is 0 Å². The van der Waals surface area contributed by atoms with E-state index in [0.717, 1.165) is 13.1 Å². The highest BCUT2D eigenvalue weighted by Crippen LogP contribution is 2.14. The fourth-order valence-electron chi connectivity index (χ4n) is 1.59. The average molecular weight is 252 g/mol. The summed E-state index contributed by atoms with van der Waals surface area (Å²) in [6, 6.07) is 9.35. The third-order valence-electron chi connectivity index (χ3n) is 2.82. The minimum Gasteiger partial charge on any atom is -0.310 e. The van der Waals surface area contributed by atoms with Crippen molar-refractivity contribution < 1.29 is 0 Å². The van der Waals surface area contributed by atoms with Crippen molar-refractivity contribution in [1.82, 2.24) is 10.2 Å². The molecule has 0 aromatic heterocycles. The van der Waals surface area contributed by atoms with E-state index >= 15 is 0 Å². The molecular formula is C14H24N2S. The first-order chi connectivity index (χ1) is 8.11. The second kappa shape index (κ2) is 7.75. The lowest BCUT2D eigenvalue weighted by molar-refractivity contribution is 0.365. The molecule has 96 valence electrons. The number of nitrogens with one attached hydrogen (secondary N) is 1. The quantitative estimate of drug-likeness (QED) is 0.751. The summed E-state index contributed by atoms with van der Waals surface area (Å²) in [7, 11) is 4.24. The largest absolute Gasteiger partial charge is 0.310 e. The van der Waals surface area contributed by atoms with E-state index in [4.69, 9.17) is 0 Å². The van der Waals surface area contributed by atoms with Crippen LogP contribution in [-0.4, -0.2) is 37.8 Å². The van der Waals surface area contributed by atoms with E-state index in [1.54, 1.807) is 11.8 Å². The van der Waals surface area contributed by atoms with Crippen LogP contribution in [0.5, 0.6) is 0 Å². The molecule has 0 fully saturated rings. The first kappa shape index (κ1) is 14.6. The Morgan fingerprint density at radius 1 is 1.24 bits per heavy atom. The van der Waals surface area contributed by atoms with Gasteiger partial charge < -0.3 is 10.2 Å². The van der Waals surface area contributed by atoms with E-state index < -0.39 is 0 Å². The minimum atomic E-state index is 0.567. The number of nitrogens with zero attached hydrogens (tertiary/aromatic N) is 1. The zero-order valence-electron chi connectivity index (χ0n) is 11.4. The third kappa shape index (κ3) is 6.10. The zero-order valence-corrected chi connectivity index (χ0v) is 12.2. The Hall–Kier alpha value is -0.510. The molecule has 2 nitrogen and oxygen atoms in total. The third-order valence-corrected chi connectivity index (χ3v) is 3.57. The molecule has 0 bridgehead atoms. The standard InChI is InChI=1S/C14H24N2S/c1-12(9-10-16(2)3)15-11-13-5-7-14(17-4)8-6-13/h5-8,12,15H,9-11H2,1-4H3. The molecule has 1 aromatic rings. The summed E-state index contributed by atoms with van der Waals surface area (Å²) in [5.74, 6) is 0. The van der Waals surface area contributed by atoms with Gasteiger partial charge in [0, 0.05) is 17.5 Å². The van der Waals surface area contributed by atoms with Gasteiger partial charge in [-0.1, -0.05) is 12.1 Å². The maximum absolute atomic E-state index is 3.56. The van der Waals surface area contributed by atoms with E-state index in [2.05, 4.69) is 61.8 Å². The fourth-order valence-corrected chi connectivity index (χ4v) is 2.00. The van der Waals surface area contributed by atoms with E-state index in [1.807, 2.05) is 0 Å². The van der Waals surface area contributed by atoms with Crippen LogP contribution < -0.4 is 5.32 Å². The molecule has 0 aliphatic heterocycles. The molecule has 0 saturated carbocycles. The van der Waals surface area contributed by atoms with Crippen LogP contribution in [0.1, 0.15) is 18.9 Å². The molecule has 1 unspecified atom stereocenters. The zero-order chi connectivity index (χ0) is 12.7. The Kier molecular flexibility index (Phi) is 6.63. The maximum atomic E-state index is 3.56. The number of benzene rings is 1. The highest BCUT2D eigenvalue weighted by Gasteiger charge is 2.02. The fraction of sp³-hybridized carbons (Fsp3) is 0.571. The van der Waals surface area contributed by atoms with Crippen LogP contribution in [-0.2, 0) is 6.54 Å². The summed E-state index contributed by atoms with van der Waals surface area (Å²) in [5, 5.41) is 3.56. The highest BCUT2D eigenvalue weighted by molar-refractivity contribution is 7.98. The molecule has 0 heterocycles. The molecule has 0 spiro atoms. The van der Waals surface area contributed by atoms with Gasteiger partial charge in [0.15, 0.2) is 0 Å². The summed E-state index contributed by atoms with van der Waals surface area (Å²) in [4.78, 5) is 3.56. The van der Waals surface area contributed by atoms with Crippen LogP contribution in [0.15, 0.2) is 29.2 Å². The van der Waals surface area contributed by atoms with Gasteiger partial charge >= 0.3 is 0 Å². The molecule has 1 N–H and O–H groups in total. The first-order valence-corrected chi connectivity index (χ1v) is 7.35. The molecule has 0 aliphatic rings. The number of hydrogen-bond donors (Lipinski definition) is 1. The average Bonchev–Trinajstić information content (AvgIpc) is 2.34. The van der Waals surface area contributed by atoms with Crippen molar-refractivity contribution in [1.29, 1.82) is 0 Å². The second-order valence-corrected chi connectivity index (χ2v) is 5.60. The van der Waals surface area contributed by atoms with Crippen LogP contribution >= 0.6 is 11.8 Å². The second-order valence-electron chi connectivity index (χ2n) is 4.72. The van der Waals surface area contributed by atoms with Gasteiger partial charge in [-0.05, 0) is 57.9 Å². The first-order valence-electron chi connectivity index (χ1n) is 6.13. The van der Waals surface area contributed by atoms with Crippen LogP contribution in [0.4, 0.5) is 0 Å². The predicted molar refractivity (Wildman–Crippen MR) is 77.7 cm³/mol. The smallest absolute Gasteiger partial charge is 0.0207 e. The Balaban J connectivity index is 2.29. The van der Waals surface area contributed by atoms with Crippen molar-refractivity contribution in [3.8, 4) is 0 Å². The lowest BCUT2D eigenvalue weighted by Gasteiger charge is -2.16. The van der Waals surface area contributed by atoms with Crippen LogP contribution in [0.2, 0.25) is 0 Å². The Labute approximate surface area is 110 Å². The SMILES string of the molecule is CSc1ccc(CNC(C)CCN(C)C)cc1. The van der Waals surface area contributed by atoms with Crippen LogP contribution in [0.3, 0.4) is 0 Å².